The molecule has 5 heteroatoms. The largest absolute Gasteiger partial charge is 0.399 e. The number of rotatable bonds is 10. The fourth-order valence-electron chi connectivity index (χ4n) is 0.779. The van der Waals surface area contributed by atoms with Gasteiger partial charge in [-0.15, -0.1) is 0 Å². The van der Waals surface area contributed by atoms with E-state index in [2.05, 4.69) is 16.6 Å². The summed E-state index contributed by atoms with van der Waals surface area (Å²) < 4.78 is 15.3. The highest BCUT2D eigenvalue weighted by atomic mass is 16.6. The molecule has 0 aliphatic carbocycles. The number of hydrogen-bond donors (Lipinski definition) is 0. The number of hydrogen-bond acceptors (Lipinski definition) is 5. The molecule has 0 amide bonds. The van der Waals surface area contributed by atoms with E-state index < -0.39 is 0 Å². The van der Waals surface area contributed by atoms with Gasteiger partial charge in [0, 0.05) is 7.11 Å². The summed E-state index contributed by atoms with van der Waals surface area (Å²) in [6.07, 6.45) is 1.59. The Bertz CT molecular complexity index is 182. The fraction of sp³-hybridized carbons (Fsp3) is 0.700. The fourth-order valence-corrected chi connectivity index (χ4v) is 0.779. The van der Waals surface area contributed by atoms with E-state index in [1.165, 1.54) is 7.11 Å². The second kappa shape index (κ2) is 11.2. The van der Waals surface area contributed by atoms with Crippen LogP contribution in [-0.2, 0) is 19.0 Å². The lowest BCUT2D eigenvalue weighted by Gasteiger charge is -2.05. The number of methoxy groups -OCH3 is 1. The molecule has 0 radical (unpaired) electrons. The van der Waals surface area contributed by atoms with Gasteiger partial charge in [-0.1, -0.05) is 11.7 Å². The molecule has 0 aromatic rings. The number of nitrogens with zero attached hydrogens (tertiary/aromatic N) is 1. The molecule has 0 spiro atoms. The van der Waals surface area contributed by atoms with Crippen molar-refractivity contribution in [2.45, 2.75) is 0 Å². The van der Waals surface area contributed by atoms with Crippen LogP contribution in [0.15, 0.2) is 17.8 Å². The summed E-state index contributed by atoms with van der Waals surface area (Å²) in [6.45, 7) is 6.20. The maximum absolute atomic E-state index is 5.27. The summed E-state index contributed by atoms with van der Waals surface area (Å²) in [6, 6.07) is 0. The lowest BCUT2D eigenvalue weighted by atomic mass is 10.4. The quantitative estimate of drug-likeness (QED) is 0.309. The third kappa shape index (κ3) is 9.40. The smallest absolute Gasteiger partial charge is 0.106 e. The molecule has 0 bridgehead atoms. The molecule has 0 N–H and O–H groups in total. The Hall–Kier alpha value is -0.910. The first-order valence-electron chi connectivity index (χ1n) is 4.72. The van der Waals surface area contributed by atoms with Gasteiger partial charge in [0.05, 0.1) is 33.0 Å². The molecule has 88 valence electrons. The van der Waals surface area contributed by atoms with Crippen LogP contribution in [0.25, 0.3) is 0 Å². The second-order valence-electron chi connectivity index (χ2n) is 2.63. The van der Waals surface area contributed by atoms with Gasteiger partial charge in [0.25, 0.3) is 0 Å². The van der Waals surface area contributed by atoms with Gasteiger partial charge in [-0.25, -0.2) is 0 Å². The summed E-state index contributed by atoms with van der Waals surface area (Å²) in [5.41, 5.74) is 0.661. The van der Waals surface area contributed by atoms with Crippen molar-refractivity contribution in [2.24, 2.45) is 5.16 Å². The summed E-state index contributed by atoms with van der Waals surface area (Å²) in [5.74, 6) is 0. The molecule has 0 unspecified atom stereocenters. The first-order valence-corrected chi connectivity index (χ1v) is 4.72. The average molecular weight is 217 g/mol. The van der Waals surface area contributed by atoms with Crippen LogP contribution in [0, 0.1) is 0 Å². The molecule has 0 rings (SSSR count). The molecule has 5 nitrogen and oxygen atoms in total. The SMILES string of the molecule is C=C/C(COCCOCCOC)=N\OC. The highest BCUT2D eigenvalue weighted by Crippen LogP contribution is 1.86. The van der Waals surface area contributed by atoms with Gasteiger partial charge >= 0.3 is 0 Å². The van der Waals surface area contributed by atoms with Crippen LogP contribution in [0.4, 0.5) is 0 Å². The molecule has 0 fully saturated rings. The molecule has 0 saturated heterocycles. The van der Waals surface area contributed by atoms with E-state index in [-0.39, 0.29) is 0 Å². The molecule has 0 atom stereocenters. The van der Waals surface area contributed by atoms with Gasteiger partial charge in [-0.3, -0.25) is 0 Å². The minimum atomic E-state index is 0.380. The van der Waals surface area contributed by atoms with Gasteiger partial charge in [-0.2, -0.15) is 0 Å². The Morgan fingerprint density at radius 2 is 1.80 bits per heavy atom. The third-order valence-electron chi connectivity index (χ3n) is 1.50. The molecular weight excluding hydrogens is 198 g/mol. The monoisotopic (exact) mass is 217 g/mol. The second-order valence-corrected chi connectivity index (χ2v) is 2.63. The van der Waals surface area contributed by atoms with Gasteiger partial charge in [0.1, 0.15) is 12.8 Å². The Morgan fingerprint density at radius 3 is 2.40 bits per heavy atom. The Morgan fingerprint density at radius 1 is 1.13 bits per heavy atom. The van der Waals surface area contributed by atoms with E-state index >= 15 is 0 Å². The zero-order chi connectivity index (χ0) is 11.4. The van der Waals surface area contributed by atoms with Crippen LogP contribution in [0.2, 0.25) is 0 Å². The zero-order valence-corrected chi connectivity index (χ0v) is 9.40. The van der Waals surface area contributed by atoms with Crippen LogP contribution in [0.5, 0.6) is 0 Å². The minimum absolute atomic E-state index is 0.380. The standard InChI is InChI=1S/C10H19NO4/c1-4-10(11-13-3)9-15-8-7-14-6-5-12-2/h4H,1,5-9H2,2-3H3/b11-10+. The topological polar surface area (TPSA) is 49.3 Å². The Kier molecular flexibility index (Phi) is 10.5. The first-order chi connectivity index (χ1) is 7.35. The molecule has 0 saturated carbocycles. The zero-order valence-electron chi connectivity index (χ0n) is 9.40. The first kappa shape index (κ1) is 14.1. The lowest BCUT2D eigenvalue weighted by molar-refractivity contribution is 0.0331. The molecule has 0 aliphatic rings. The van der Waals surface area contributed by atoms with Crippen molar-refractivity contribution in [1.29, 1.82) is 0 Å². The van der Waals surface area contributed by atoms with Crippen molar-refractivity contribution in [3.63, 3.8) is 0 Å². The predicted molar refractivity (Wildman–Crippen MR) is 58.2 cm³/mol. The lowest BCUT2D eigenvalue weighted by Crippen LogP contribution is -2.12. The van der Waals surface area contributed by atoms with Crippen LogP contribution in [0.1, 0.15) is 0 Å². The van der Waals surface area contributed by atoms with Gasteiger partial charge < -0.3 is 19.0 Å². The molecular formula is C10H19NO4. The van der Waals surface area contributed by atoms with Crippen molar-refractivity contribution < 1.29 is 19.0 Å². The maximum Gasteiger partial charge on any atom is 0.106 e. The Balaban J connectivity index is 3.29. The molecule has 15 heavy (non-hydrogen) atoms. The highest BCUT2D eigenvalue weighted by Gasteiger charge is 1.95. The molecule has 0 aromatic carbocycles. The van der Waals surface area contributed by atoms with Crippen molar-refractivity contribution in [2.75, 3.05) is 47.3 Å². The van der Waals surface area contributed by atoms with Crippen LogP contribution in [0.3, 0.4) is 0 Å². The van der Waals surface area contributed by atoms with E-state index in [1.807, 2.05) is 0 Å². The summed E-state index contributed by atoms with van der Waals surface area (Å²) in [7, 11) is 3.12. The van der Waals surface area contributed by atoms with Crippen LogP contribution in [-0.4, -0.2) is 53.0 Å². The molecule has 0 aliphatic heterocycles. The van der Waals surface area contributed by atoms with E-state index in [4.69, 9.17) is 14.2 Å². The van der Waals surface area contributed by atoms with Crippen molar-refractivity contribution >= 4 is 5.71 Å². The summed E-state index contributed by atoms with van der Waals surface area (Å²) in [5, 5.41) is 3.70. The van der Waals surface area contributed by atoms with Crippen molar-refractivity contribution in [3.05, 3.63) is 12.7 Å². The Labute approximate surface area is 90.6 Å². The molecule has 0 aromatic heterocycles. The maximum atomic E-state index is 5.27. The van der Waals surface area contributed by atoms with Gasteiger partial charge in [0.2, 0.25) is 0 Å². The number of ether oxygens (including phenoxy) is 3. The van der Waals surface area contributed by atoms with Gasteiger partial charge in [-0.05, 0) is 6.08 Å². The normalized spacial score (nSPS) is 11.5. The predicted octanol–water partition coefficient (Wildman–Crippen LogP) is 0.854. The van der Waals surface area contributed by atoms with E-state index in [0.717, 1.165) is 0 Å². The van der Waals surface area contributed by atoms with E-state index in [0.29, 0.717) is 38.7 Å². The third-order valence-corrected chi connectivity index (χ3v) is 1.50. The van der Waals surface area contributed by atoms with Crippen molar-refractivity contribution in [1.82, 2.24) is 0 Å². The molecule has 0 heterocycles. The number of oxime groups is 1. The summed E-state index contributed by atoms with van der Waals surface area (Å²) >= 11 is 0. The van der Waals surface area contributed by atoms with Gasteiger partial charge in [0.15, 0.2) is 0 Å². The summed E-state index contributed by atoms with van der Waals surface area (Å²) in [4.78, 5) is 4.59. The average Bonchev–Trinajstić information content (AvgIpc) is 2.26. The van der Waals surface area contributed by atoms with Crippen LogP contribution >= 0.6 is 0 Å². The highest BCUT2D eigenvalue weighted by molar-refractivity contribution is 5.95. The van der Waals surface area contributed by atoms with E-state index in [9.17, 15) is 0 Å². The van der Waals surface area contributed by atoms with Crippen molar-refractivity contribution in [3.8, 4) is 0 Å². The minimum Gasteiger partial charge on any atom is -0.399 e. The van der Waals surface area contributed by atoms with Crippen LogP contribution < -0.4 is 0 Å². The van der Waals surface area contributed by atoms with E-state index in [1.54, 1.807) is 13.2 Å².